The Bertz CT molecular complexity index is 1350. The van der Waals surface area contributed by atoms with Gasteiger partial charge in [-0.15, -0.1) is 22.7 Å². The van der Waals surface area contributed by atoms with Crippen molar-refractivity contribution in [3.63, 3.8) is 0 Å². The Labute approximate surface area is 209 Å². The van der Waals surface area contributed by atoms with E-state index in [4.69, 9.17) is 9.47 Å². The highest BCUT2D eigenvalue weighted by atomic mass is 32.1. The van der Waals surface area contributed by atoms with Crippen molar-refractivity contribution >= 4 is 39.6 Å². The first kappa shape index (κ1) is 23.4. The molecule has 10 heteroatoms. The van der Waals surface area contributed by atoms with Crippen molar-refractivity contribution in [1.82, 2.24) is 9.97 Å². The fourth-order valence-corrected chi connectivity index (χ4v) is 5.48. The smallest absolute Gasteiger partial charge is 0.339 e. The van der Waals surface area contributed by atoms with Gasteiger partial charge in [0.25, 0.3) is 0 Å². The van der Waals surface area contributed by atoms with E-state index < -0.39 is 11.8 Å². The number of carbonyl (C=O) groups is 1. The largest absolute Gasteiger partial charge is 0.491 e. The van der Waals surface area contributed by atoms with Crippen LogP contribution < -0.4 is 10.1 Å². The number of hydrogen-bond donors (Lipinski definition) is 2. The lowest BCUT2D eigenvalue weighted by molar-refractivity contribution is 0.0697. The van der Waals surface area contributed by atoms with E-state index >= 15 is 4.39 Å². The maximum Gasteiger partial charge on any atom is 0.339 e. The van der Waals surface area contributed by atoms with Gasteiger partial charge in [0.15, 0.2) is 5.13 Å². The van der Waals surface area contributed by atoms with Crippen LogP contribution in [-0.2, 0) is 4.74 Å². The van der Waals surface area contributed by atoms with E-state index in [9.17, 15) is 9.90 Å². The van der Waals surface area contributed by atoms with Crippen molar-refractivity contribution in [1.29, 1.82) is 0 Å². The van der Waals surface area contributed by atoms with Crippen molar-refractivity contribution in [2.75, 3.05) is 25.6 Å². The predicted molar refractivity (Wildman–Crippen MR) is 135 cm³/mol. The molecule has 3 aromatic heterocycles. The quantitative estimate of drug-likeness (QED) is 0.237. The Morgan fingerprint density at radius 3 is 2.80 bits per heavy atom. The molecule has 2 N–H and O–H groups in total. The number of aromatic nitrogens is 2. The topological polar surface area (TPSA) is 93.6 Å². The Balaban J connectivity index is 1.45. The number of rotatable bonds is 10. The van der Waals surface area contributed by atoms with Crippen LogP contribution in [0.2, 0.25) is 0 Å². The second kappa shape index (κ2) is 10.1. The number of thiophene rings is 1. The molecule has 0 bridgehead atoms. The standard InChI is InChI=1S/C25H22FN3O4S2/c1-32-8-9-33-16-6-7-17(19(26)12-16)21-22(14-4-5-14)35-25(28-21)29-23-18(24(30)31)11-15(13-27-23)20-3-2-10-34-20/h2-3,6-7,10-14H,4-5,8-9H2,1H3,(H,30,31)(H,27,28,29). The number of anilines is 2. The van der Waals surface area contributed by atoms with E-state index in [1.807, 2.05) is 17.5 Å². The van der Waals surface area contributed by atoms with Gasteiger partial charge in [-0.3, -0.25) is 0 Å². The van der Waals surface area contributed by atoms with E-state index in [0.717, 1.165) is 28.2 Å². The third-order valence-corrected chi connectivity index (χ3v) is 7.55. The summed E-state index contributed by atoms with van der Waals surface area (Å²) in [6.07, 6.45) is 3.67. The summed E-state index contributed by atoms with van der Waals surface area (Å²) in [5.74, 6) is -0.576. The highest BCUT2D eigenvalue weighted by Gasteiger charge is 2.31. The number of nitrogens with one attached hydrogen (secondary N) is 1. The zero-order valence-electron chi connectivity index (χ0n) is 18.8. The number of aromatic carboxylic acids is 1. The molecule has 180 valence electrons. The van der Waals surface area contributed by atoms with Crippen LogP contribution >= 0.6 is 22.7 Å². The maximum atomic E-state index is 15.0. The molecule has 3 heterocycles. The minimum atomic E-state index is -1.09. The molecule has 0 unspecified atom stereocenters. The summed E-state index contributed by atoms with van der Waals surface area (Å²) in [6, 6.07) is 10.1. The van der Waals surface area contributed by atoms with Crippen LogP contribution in [0.5, 0.6) is 5.75 Å². The van der Waals surface area contributed by atoms with Gasteiger partial charge in [-0.25, -0.2) is 19.2 Å². The molecule has 1 aliphatic carbocycles. The van der Waals surface area contributed by atoms with Gasteiger partial charge < -0.3 is 19.9 Å². The van der Waals surface area contributed by atoms with Crippen LogP contribution in [0, 0.1) is 5.82 Å². The monoisotopic (exact) mass is 511 g/mol. The van der Waals surface area contributed by atoms with Crippen molar-refractivity contribution in [2.45, 2.75) is 18.8 Å². The molecule has 1 aliphatic rings. The summed E-state index contributed by atoms with van der Waals surface area (Å²) in [5.41, 5.74) is 1.73. The Morgan fingerprint density at radius 1 is 1.26 bits per heavy atom. The van der Waals surface area contributed by atoms with E-state index in [2.05, 4.69) is 15.3 Å². The van der Waals surface area contributed by atoms with E-state index in [1.54, 1.807) is 31.5 Å². The van der Waals surface area contributed by atoms with Crippen LogP contribution in [-0.4, -0.2) is 41.4 Å². The maximum absolute atomic E-state index is 15.0. The van der Waals surface area contributed by atoms with Gasteiger partial charge in [-0.05, 0) is 48.4 Å². The normalized spacial score (nSPS) is 13.1. The van der Waals surface area contributed by atoms with Crippen molar-refractivity contribution < 1.29 is 23.8 Å². The van der Waals surface area contributed by atoms with Crippen molar-refractivity contribution in [3.05, 3.63) is 64.2 Å². The van der Waals surface area contributed by atoms with E-state index in [-0.39, 0.29) is 11.4 Å². The summed E-state index contributed by atoms with van der Waals surface area (Å²) >= 11 is 2.92. The van der Waals surface area contributed by atoms with Gasteiger partial charge >= 0.3 is 5.97 Å². The van der Waals surface area contributed by atoms with Crippen molar-refractivity contribution in [3.8, 4) is 27.4 Å². The first-order chi connectivity index (χ1) is 17.0. The average molecular weight is 512 g/mol. The van der Waals surface area contributed by atoms with Crippen molar-refractivity contribution in [2.24, 2.45) is 0 Å². The van der Waals surface area contributed by atoms with Gasteiger partial charge in [0.1, 0.15) is 29.6 Å². The molecule has 4 aromatic rings. The molecule has 0 radical (unpaired) electrons. The number of carboxylic acid groups (broad SMARTS) is 1. The molecule has 0 aliphatic heterocycles. The summed E-state index contributed by atoms with van der Waals surface area (Å²) < 4.78 is 25.5. The number of hydrogen-bond acceptors (Lipinski definition) is 8. The van der Waals surface area contributed by atoms with Crippen LogP contribution in [0.15, 0.2) is 48.0 Å². The molecule has 35 heavy (non-hydrogen) atoms. The molecule has 7 nitrogen and oxygen atoms in total. The summed E-state index contributed by atoms with van der Waals surface area (Å²) in [6.45, 7) is 0.745. The molecule has 5 rings (SSSR count). The minimum Gasteiger partial charge on any atom is -0.491 e. The highest BCUT2D eigenvalue weighted by Crippen LogP contribution is 2.49. The minimum absolute atomic E-state index is 0.0457. The number of ether oxygens (including phenoxy) is 2. The predicted octanol–water partition coefficient (Wildman–Crippen LogP) is 6.42. The third kappa shape index (κ3) is 5.19. The fourth-order valence-electron chi connectivity index (χ4n) is 3.63. The lowest BCUT2D eigenvalue weighted by Crippen LogP contribution is -2.05. The molecule has 0 saturated heterocycles. The Hall–Kier alpha value is -3.34. The average Bonchev–Trinajstić information content (AvgIpc) is 3.37. The summed E-state index contributed by atoms with van der Waals surface area (Å²) in [7, 11) is 1.58. The number of methoxy groups -OCH3 is 1. The van der Waals surface area contributed by atoms with Crippen LogP contribution in [0.25, 0.3) is 21.7 Å². The van der Waals surface area contributed by atoms with Gasteiger partial charge in [0, 0.05) is 40.3 Å². The lowest BCUT2D eigenvalue weighted by Gasteiger charge is -2.08. The van der Waals surface area contributed by atoms with Gasteiger partial charge in [0.05, 0.1) is 12.3 Å². The summed E-state index contributed by atoms with van der Waals surface area (Å²) in [5, 5.41) is 15.2. The van der Waals surface area contributed by atoms with E-state index in [1.165, 1.54) is 28.7 Å². The molecule has 1 aromatic carbocycles. The Morgan fingerprint density at radius 2 is 2.11 bits per heavy atom. The second-order valence-corrected chi connectivity index (χ2v) is 10.00. The number of thiazole rings is 1. The number of benzene rings is 1. The molecular formula is C25H22FN3O4S2. The van der Waals surface area contributed by atoms with Crippen LogP contribution in [0.4, 0.5) is 15.3 Å². The second-order valence-electron chi connectivity index (χ2n) is 8.02. The lowest BCUT2D eigenvalue weighted by atomic mass is 10.1. The van der Waals surface area contributed by atoms with Crippen LogP contribution in [0.1, 0.15) is 34.0 Å². The third-order valence-electron chi connectivity index (χ3n) is 5.50. The first-order valence-electron chi connectivity index (χ1n) is 11.0. The van der Waals surface area contributed by atoms with E-state index in [0.29, 0.717) is 41.3 Å². The van der Waals surface area contributed by atoms with Crippen LogP contribution in [0.3, 0.4) is 0 Å². The molecule has 0 atom stereocenters. The molecular weight excluding hydrogens is 489 g/mol. The van der Waals surface area contributed by atoms with Gasteiger partial charge in [0.2, 0.25) is 0 Å². The summed E-state index contributed by atoms with van der Waals surface area (Å²) in [4.78, 5) is 22.9. The molecule has 0 amide bonds. The first-order valence-corrected chi connectivity index (χ1v) is 12.7. The van der Waals surface area contributed by atoms with Gasteiger partial charge in [-0.2, -0.15) is 0 Å². The SMILES string of the molecule is COCCOc1ccc(-c2nc(Nc3ncc(-c4cccs4)cc3C(=O)O)sc2C2CC2)c(F)c1. The number of carboxylic acids is 1. The number of nitrogens with zero attached hydrogens (tertiary/aromatic N) is 2. The fraction of sp³-hybridized carbons (Fsp3) is 0.240. The number of halogens is 1. The Kier molecular flexibility index (Phi) is 6.76. The number of pyridine rings is 1. The molecule has 0 spiro atoms. The molecule has 1 fully saturated rings. The zero-order chi connectivity index (χ0) is 24.4. The van der Waals surface area contributed by atoms with Gasteiger partial charge in [-0.1, -0.05) is 6.07 Å². The molecule has 1 saturated carbocycles. The zero-order valence-corrected chi connectivity index (χ0v) is 20.4. The highest BCUT2D eigenvalue weighted by molar-refractivity contribution is 7.16.